The molecular formula is C15H24N2OS. The van der Waals surface area contributed by atoms with Crippen molar-refractivity contribution < 1.29 is 4.79 Å². The van der Waals surface area contributed by atoms with Crippen molar-refractivity contribution in [2.24, 2.45) is 23.2 Å². The lowest BCUT2D eigenvalue weighted by Crippen LogP contribution is -2.55. The van der Waals surface area contributed by atoms with Crippen LogP contribution in [0.15, 0.2) is 0 Å². The Labute approximate surface area is 120 Å². The van der Waals surface area contributed by atoms with Gasteiger partial charge < -0.3 is 10.6 Å². The summed E-state index contributed by atoms with van der Waals surface area (Å²) in [5.74, 6) is 2.60. The number of nitrogens with one attached hydrogen (secondary N) is 2. The van der Waals surface area contributed by atoms with E-state index in [1.165, 1.54) is 19.3 Å². The highest BCUT2D eigenvalue weighted by molar-refractivity contribution is 7.80. The molecule has 4 aliphatic rings. The fourth-order valence-electron chi connectivity index (χ4n) is 4.91. The molecule has 19 heavy (non-hydrogen) atoms. The largest absolute Gasteiger partial charge is 0.362 e. The van der Waals surface area contributed by atoms with Crippen LogP contribution in [-0.4, -0.2) is 17.6 Å². The van der Waals surface area contributed by atoms with Crippen LogP contribution in [0, 0.1) is 23.2 Å². The van der Waals surface area contributed by atoms with Crippen LogP contribution in [0.1, 0.15) is 51.9 Å². The van der Waals surface area contributed by atoms with Gasteiger partial charge in [0.15, 0.2) is 5.11 Å². The lowest BCUT2D eigenvalue weighted by Gasteiger charge is -2.55. The fraction of sp³-hybridized carbons (Fsp3) is 0.867. The summed E-state index contributed by atoms with van der Waals surface area (Å²) in [4.78, 5) is 12.6. The quantitative estimate of drug-likeness (QED) is 0.781. The minimum Gasteiger partial charge on any atom is -0.362 e. The van der Waals surface area contributed by atoms with Crippen molar-refractivity contribution in [1.82, 2.24) is 10.6 Å². The van der Waals surface area contributed by atoms with Gasteiger partial charge >= 0.3 is 0 Å². The van der Waals surface area contributed by atoms with Gasteiger partial charge in [0, 0.05) is 6.54 Å². The van der Waals surface area contributed by atoms with Gasteiger partial charge in [-0.25, -0.2) is 0 Å². The molecule has 0 spiro atoms. The summed E-state index contributed by atoms with van der Waals surface area (Å²) in [5, 5.41) is 6.56. The summed E-state index contributed by atoms with van der Waals surface area (Å²) in [7, 11) is 0. The van der Waals surface area contributed by atoms with Crippen LogP contribution < -0.4 is 10.6 Å². The molecule has 4 saturated carbocycles. The van der Waals surface area contributed by atoms with Crippen molar-refractivity contribution in [3.8, 4) is 0 Å². The second-order valence-electron chi connectivity index (χ2n) is 6.91. The number of rotatable bonds is 3. The maximum atomic E-state index is 12.6. The zero-order valence-electron chi connectivity index (χ0n) is 11.7. The number of carbonyl (C=O) groups excluding carboxylic acids is 1. The molecule has 0 radical (unpaired) electrons. The number of amides is 1. The second kappa shape index (κ2) is 5.04. The number of thiocarbonyl (C=S) groups is 1. The zero-order chi connectivity index (χ0) is 13.5. The summed E-state index contributed by atoms with van der Waals surface area (Å²) in [6.45, 7) is 2.93. The average Bonchev–Trinajstić information content (AvgIpc) is 2.34. The van der Waals surface area contributed by atoms with Crippen molar-refractivity contribution in [2.45, 2.75) is 51.9 Å². The van der Waals surface area contributed by atoms with Gasteiger partial charge in [-0.3, -0.25) is 4.79 Å². The summed E-state index contributed by atoms with van der Waals surface area (Å²) in [6.07, 6.45) is 8.41. The lowest BCUT2D eigenvalue weighted by molar-refractivity contribution is -0.144. The van der Waals surface area contributed by atoms with Gasteiger partial charge in [-0.2, -0.15) is 0 Å². The first kappa shape index (κ1) is 13.3. The molecular weight excluding hydrogens is 256 g/mol. The predicted octanol–water partition coefficient (Wildman–Crippen LogP) is 2.60. The van der Waals surface area contributed by atoms with Gasteiger partial charge in [-0.05, 0) is 74.9 Å². The zero-order valence-corrected chi connectivity index (χ0v) is 12.5. The van der Waals surface area contributed by atoms with Crippen LogP contribution in [0.3, 0.4) is 0 Å². The van der Waals surface area contributed by atoms with Gasteiger partial charge in [-0.1, -0.05) is 6.92 Å². The summed E-state index contributed by atoms with van der Waals surface area (Å²) in [5.41, 5.74) is -0.0906. The van der Waals surface area contributed by atoms with Crippen molar-refractivity contribution in [2.75, 3.05) is 6.54 Å². The van der Waals surface area contributed by atoms with E-state index in [0.717, 1.165) is 50.0 Å². The Bertz CT molecular complexity index is 358. The topological polar surface area (TPSA) is 41.1 Å². The molecule has 1 amide bonds. The SMILES string of the molecule is CCCNC(=S)NC(=O)C12CC3CC(CC(C3)C1)C2. The highest BCUT2D eigenvalue weighted by Gasteiger charge is 2.54. The Hall–Kier alpha value is -0.640. The molecule has 106 valence electrons. The molecule has 0 aromatic carbocycles. The van der Waals surface area contributed by atoms with Crippen LogP contribution in [-0.2, 0) is 4.79 Å². The van der Waals surface area contributed by atoms with Crippen molar-refractivity contribution in [1.29, 1.82) is 0 Å². The van der Waals surface area contributed by atoms with E-state index in [1.807, 2.05) is 0 Å². The van der Waals surface area contributed by atoms with E-state index in [2.05, 4.69) is 17.6 Å². The maximum Gasteiger partial charge on any atom is 0.232 e. The minimum absolute atomic E-state index is 0.0906. The van der Waals surface area contributed by atoms with Gasteiger partial charge in [-0.15, -0.1) is 0 Å². The van der Waals surface area contributed by atoms with E-state index in [-0.39, 0.29) is 11.3 Å². The highest BCUT2D eigenvalue weighted by Crippen LogP contribution is 2.60. The predicted molar refractivity (Wildman–Crippen MR) is 79.6 cm³/mol. The first-order chi connectivity index (χ1) is 9.11. The van der Waals surface area contributed by atoms with E-state index >= 15 is 0 Å². The third kappa shape index (κ3) is 2.51. The van der Waals surface area contributed by atoms with E-state index in [9.17, 15) is 4.79 Å². The van der Waals surface area contributed by atoms with Crippen LogP contribution in [0.2, 0.25) is 0 Å². The molecule has 0 saturated heterocycles. The Kier molecular flexibility index (Phi) is 3.54. The van der Waals surface area contributed by atoms with Crippen molar-refractivity contribution in [3.63, 3.8) is 0 Å². The van der Waals surface area contributed by atoms with Gasteiger partial charge in [0.25, 0.3) is 0 Å². The average molecular weight is 280 g/mol. The lowest BCUT2D eigenvalue weighted by atomic mass is 9.49. The Morgan fingerprint density at radius 1 is 1.16 bits per heavy atom. The molecule has 0 aliphatic heterocycles. The van der Waals surface area contributed by atoms with Gasteiger partial charge in [0.05, 0.1) is 5.41 Å². The second-order valence-corrected chi connectivity index (χ2v) is 7.32. The molecule has 4 bridgehead atoms. The van der Waals surface area contributed by atoms with E-state index in [1.54, 1.807) is 0 Å². The third-order valence-corrected chi connectivity index (χ3v) is 5.53. The van der Waals surface area contributed by atoms with E-state index in [4.69, 9.17) is 12.2 Å². The molecule has 3 nitrogen and oxygen atoms in total. The summed E-state index contributed by atoms with van der Waals surface area (Å²) < 4.78 is 0. The molecule has 0 aromatic heterocycles. The van der Waals surface area contributed by atoms with Gasteiger partial charge in [0.2, 0.25) is 5.91 Å². The first-order valence-electron chi connectivity index (χ1n) is 7.70. The Balaban J connectivity index is 1.64. The van der Waals surface area contributed by atoms with Crippen LogP contribution in [0.5, 0.6) is 0 Å². The minimum atomic E-state index is -0.0906. The molecule has 0 heterocycles. The van der Waals surface area contributed by atoms with Crippen molar-refractivity contribution >= 4 is 23.2 Å². The molecule has 4 aliphatic carbocycles. The summed E-state index contributed by atoms with van der Waals surface area (Å²) >= 11 is 5.21. The molecule has 4 fully saturated rings. The smallest absolute Gasteiger partial charge is 0.232 e. The number of hydrogen-bond acceptors (Lipinski definition) is 2. The Morgan fingerprint density at radius 2 is 1.68 bits per heavy atom. The highest BCUT2D eigenvalue weighted by atomic mass is 32.1. The summed E-state index contributed by atoms with van der Waals surface area (Å²) in [6, 6.07) is 0. The number of carbonyl (C=O) groups is 1. The fourth-order valence-corrected chi connectivity index (χ4v) is 5.10. The van der Waals surface area contributed by atoms with Gasteiger partial charge in [0.1, 0.15) is 0 Å². The number of hydrogen-bond donors (Lipinski definition) is 2. The Morgan fingerprint density at radius 3 is 2.16 bits per heavy atom. The third-order valence-electron chi connectivity index (χ3n) is 5.28. The molecule has 0 aromatic rings. The van der Waals surface area contributed by atoms with Crippen LogP contribution in [0.4, 0.5) is 0 Å². The molecule has 0 atom stereocenters. The maximum absolute atomic E-state index is 12.6. The molecule has 4 heteroatoms. The van der Waals surface area contributed by atoms with Crippen molar-refractivity contribution in [3.05, 3.63) is 0 Å². The standard InChI is InChI=1S/C15H24N2OS/c1-2-3-16-14(19)17-13(18)15-7-10-4-11(8-15)6-12(5-10)9-15/h10-12H,2-9H2,1H3,(H2,16,17,18,19). The first-order valence-corrected chi connectivity index (χ1v) is 8.11. The van der Waals surface area contributed by atoms with E-state index < -0.39 is 0 Å². The van der Waals surface area contributed by atoms with Crippen LogP contribution >= 0.6 is 12.2 Å². The molecule has 2 N–H and O–H groups in total. The monoisotopic (exact) mass is 280 g/mol. The van der Waals surface area contributed by atoms with Crippen LogP contribution in [0.25, 0.3) is 0 Å². The normalized spacial score (nSPS) is 39.1. The van der Waals surface area contributed by atoms with E-state index in [0.29, 0.717) is 5.11 Å². The molecule has 4 rings (SSSR count). The molecule has 0 unspecified atom stereocenters.